The minimum absolute atomic E-state index is 0.145. The van der Waals surface area contributed by atoms with Gasteiger partial charge in [-0.25, -0.2) is 4.39 Å². The van der Waals surface area contributed by atoms with Crippen LogP contribution >= 0.6 is 0 Å². The van der Waals surface area contributed by atoms with Crippen LogP contribution in [0.2, 0.25) is 0 Å². The van der Waals surface area contributed by atoms with Crippen LogP contribution < -0.4 is 5.56 Å². The summed E-state index contributed by atoms with van der Waals surface area (Å²) < 4.78 is 14.6. The van der Waals surface area contributed by atoms with Gasteiger partial charge in [-0.1, -0.05) is 0 Å². The van der Waals surface area contributed by atoms with E-state index in [1.54, 1.807) is 16.8 Å². The zero-order chi connectivity index (χ0) is 11.7. The topological polar surface area (TPSA) is 37.8 Å². The highest BCUT2D eigenvalue weighted by Gasteiger charge is 2.09. The van der Waals surface area contributed by atoms with Gasteiger partial charge in [-0.05, 0) is 38.1 Å². The zero-order valence-electron chi connectivity index (χ0n) is 9.20. The van der Waals surface area contributed by atoms with E-state index in [9.17, 15) is 9.18 Å². The number of hydrogen-bond acceptors (Lipinski definition) is 1. The summed E-state index contributed by atoms with van der Waals surface area (Å²) in [6.45, 7) is 3.95. The standard InChI is InChI=1S/C12H13FN2O/c1-8(2)15-11(7-12(16)14-15)9-3-5-10(13)6-4-9/h3-8H,1-2H3,(H,14,16). The van der Waals surface area contributed by atoms with Crippen LogP contribution in [-0.2, 0) is 0 Å². The summed E-state index contributed by atoms with van der Waals surface area (Å²) in [5.74, 6) is -0.280. The van der Waals surface area contributed by atoms with E-state index in [0.717, 1.165) is 11.3 Å². The number of hydrogen-bond donors (Lipinski definition) is 1. The van der Waals surface area contributed by atoms with Crippen LogP contribution in [0.5, 0.6) is 0 Å². The number of rotatable bonds is 2. The van der Waals surface area contributed by atoms with E-state index in [2.05, 4.69) is 5.10 Å². The molecule has 1 heterocycles. The molecule has 4 heteroatoms. The summed E-state index contributed by atoms with van der Waals surface area (Å²) in [6.07, 6.45) is 0. The van der Waals surface area contributed by atoms with Crippen molar-refractivity contribution in [2.75, 3.05) is 0 Å². The quantitative estimate of drug-likeness (QED) is 0.829. The van der Waals surface area contributed by atoms with Gasteiger partial charge in [-0.2, -0.15) is 0 Å². The van der Waals surface area contributed by atoms with Crippen LogP contribution in [-0.4, -0.2) is 9.78 Å². The Kier molecular flexibility index (Phi) is 2.64. The van der Waals surface area contributed by atoms with Gasteiger partial charge in [0.15, 0.2) is 0 Å². The van der Waals surface area contributed by atoms with Gasteiger partial charge in [0, 0.05) is 17.7 Å². The van der Waals surface area contributed by atoms with E-state index >= 15 is 0 Å². The van der Waals surface area contributed by atoms with Crippen LogP contribution in [0.3, 0.4) is 0 Å². The average Bonchev–Trinajstić information content (AvgIpc) is 2.61. The Morgan fingerprint density at radius 3 is 2.44 bits per heavy atom. The fourth-order valence-electron chi connectivity index (χ4n) is 1.66. The van der Waals surface area contributed by atoms with Crippen molar-refractivity contribution in [2.45, 2.75) is 19.9 Å². The first kappa shape index (κ1) is 10.7. The van der Waals surface area contributed by atoms with Gasteiger partial charge in [0.25, 0.3) is 5.56 Å². The molecule has 84 valence electrons. The van der Waals surface area contributed by atoms with Crippen molar-refractivity contribution < 1.29 is 4.39 Å². The number of H-pyrrole nitrogens is 1. The molecule has 1 aromatic heterocycles. The second kappa shape index (κ2) is 3.96. The number of aromatic nitrogens is 2. The van der Waals surface area contributed by atoms with Crippen LogP contribution in [0.1, 0.15) is 19.9 Å². The molecule has 0 fully saturated rings. The average molecular weight is 220 g/mol. The third kappa shape index (κ3) is 1.91. The van der Waals surface area contributed by atoms with Gasteiger partial charge < -0.3 is 0 Å². The molecule has 16 heavy (non-hydrogen) atoms. The van der Waals surface area contributed by atoms with Crippen molar-refractivity contribution in [1.29, 1.82) is 0 Å². The second-order valence-corrected chi connectivity index (χ2v) is 3.98. The summed E-state index contributed by atoms with van der Waals surface area (Å²) in [7, 11) is 0. The van der Waals surface area contributed by atoms with Crippen LogP contribution in [0.25, 0.3) is 11.3 Å². The molecule has 0 aliphatic heterocycles. The summed E-state index contributed by atoms with van der Waals surface area (Å²) in [4.78, 5) is 11.3. The lowest BCUT2D eigenvalue weighted by molar-refractivity contribution is 0.534. The van der Waals surface area contributed by atoms with Crippen molar-refractivity contribution in [2.24, 2.45) is 0 Å². The van der Waals surface area contributed by atoms with Crippen molar-refractivity contribution in [1.82, 2.24) is 9.78 Å². The number of nitrogens with zero attached hydrogens (tertiary/aromatic N) is 1. The van der Waals surface area contributed by atoms with Crippen molar-refractivity contribution in [3.63, 3.8) is 0 Å². The van der Waals surface area contributed by atoms with Crippen LogP contribution in [0.4, 0.5) is 4.39 Å². The van der Waals surface area contributed by atoms with Gasteiger partial charge >= 0.3 is 0 Å². The van der Waals surface area contributed by atoms with E-state index in [-0.39, 0.29) is 17.4 Å². The Morgan fingerprint density at radius 2 is 1.88 bits per heavy atom. The largest absolute Gasteiger partial charge is 0.282 e. The molecule has 0 unspecified atom stereocenters. The van der Waals surface area contributed by atoms with Crippen molar-refractivity contribution in [3.8, 4) is 11.3 Å². The van der Waals surface area contributed by atoms with Crippen LogP contribution in [0.15, 0.2) is 35.1 Å². The minimum Gasteiger partial charge on any atom is -0.282 e. The van der Waals surface area contributed by atoms with E-state index in [0.29, 0.717) is 0 Å². The van der Waals surface area contributed by atoms with Gasteiger partial charge in [0.2, 0.25) is 0 Å². The second-order valence-electron chi connectivity index (χ2n) is 3.98. The normalized spacial score (nSPS) is 11.0. The van der Waals surface area contributed by atoms with E-state index < -0.39 is 0 Å². The fourth-order valence-corrected chi connectivity index (χ4v) is 1.66. The Bertz CT molecular complexity index is 537. The van der Waals surface area contributed by atoms with Crippen molar-refractivity contribution >= 4 is 0 Å². The molecule has 3 nitrogen and oxygen atoms in total. The highest BCUT2D eigenvalue weighted by Crippen LogP contribution is 2.20. The molecular formula is C12H13FN2O. The van der Waals surface area contributed by atoms with Gasteiger partial charge in [-0.15, -0.1) is 0 Å². The van der Waals surface area contributed by atoms with E-state index in [4.69, 9.17) is 0 Å². The molecular weight excluding hydrogens is 207 g/mol. The Hall–Kier alpha value is -1.84. The molecule has 0 saturated carbocycles. The first-order chi connectivity index (χ1) is 7.58. The molecule has 0 radical (unpaired) electrons. The molecule has 0 spiro atoms. The van der Waals surface area contributed by atoms with E-state index in [1.807, 2.05) is 13.8 Å². The highest BCUT2D eigenvalue weighted by atomic mass is 19.1. The van der Waals surface area contributed by atoms with Crippen molar-refractivity contribution in [3.05, 3.63) is 46.5 Å². The molecule has 0 amide bonds. The molecule has 1 N–H and O–H groups in total. The molecule has 0 aliphatic rings. The molecule has 1 aromatic carbocycles. The summed E-state index contributed by atoms with van der Waals surface area (Å²) in [5.41, 5.74) is 1.46. The lowest BCUT2D eigenvalue weighted by atomic mass is 10.1. The SMILES string of the molecule is CC(C)n1[nH]c(=O)cc1-c1ccc(F)cc1. The summed E-state index contributed by atoms with van der Waals surface area (Å²) >= 11 is 0. The minimum atomic E-state index is -0.280. The first-order valence-corrected chi connectivity index (χ1v) is 5.15. The lowest BCUT2D eigenvalue weighted by Crippen LogP contribution is -2.08. The molecule has 2 aromatic rings. The third-order valence-corrected chi connectivity index (χ3v) is 2.41. The monoisotopic (exact) mass is 220 g/mol. The molecule has 0 saturated heterocycles. The van der Waals surface area contributed by atoms with Gasteiger partial charge in [-0.3, -0.25) is 14.6 Å². The zero-order valence-corrected chi connectivity index (χ0v) is 9.20. The third-order valence-electron chi connectivity index (χ3n) is 2.41. The predicted octanol–water partition coefficient (Wildman–Crippen LogP) is 2.56. The molecule has 0 aliphatic carbocycles. The maximum absolute atomic E-state index is 12.8. The fraction of sp³-hybridized carbons (Fsp3) is 0.250. The number of nitrogens with one attached hydrogen (secondary N) is 1. The van der Waals surface area contributed by atoms with E-state index in [1.165, 1.54) is 18.2 Å². The number of benzene rings is 1. The molecule has 2 rings (SSSR count). The predicted molar refractivity (Wildman–Crippen MR) is 60.8 cm³/mol. The molecule has 0 atom stereocenters. The molecule has 0 bridgehead atoms. The number of aromatic amines is 1. The highest BCUT2D eigenvalue weighted by molar-refractivity contribution is 5.59. The maximum atomic E-state index is 12.8. The Morgan fingerprint density at radius 1 is 1.25 bits per heavy atom. The summed E-state index contributed by atoms with van der Waals surface area (Å²) in [5, 5.41) is 2.72. The first-order valence-electron chi connectivity index (χ1n) is 5.15. The van der Waals surface area contributed by atoms with Crippen LogP contribution in [0, 0.1) is 5.82 Å². The Balaban J connectivity index is 2.55. The maximum Gasteiger partial charge on any atom is 0.264 e. The Labute approximate surface area is 92.5 Å². The van der Waals surface area contributed by atoms with Gasteiger partial charge in [0.1, 0.15) is 5.82 Å². The smallest absolute Gasteiger partial charge is 0.264 e. The lowest BCUT2D eigenvalue weighted by Gasteiger charge is -2.11. The number of halogens is 1. The van der Waals surface area contributed by atoms with Gasteiger partial charge in [0.05, 0.1) is 5.69 Å². The summed E-state index contributed by atoms with van der Waals surface area (Å²) in [6, 6.07) is 7.78.